The van der Waals surface area contributed by atoms with Gasteiger partial charge in [-0.15, -0.1) is 0 Å². The molecule has 0 unspecified atom stereocenters. The van der Waals surface area contributed by atoms with E-state index >= 15 is 0 Å². The van der Waals surface area contributed by atoms with Gasteiger partial charge in [0, 0.05) is 25.2 Å². The Hall–Kier alpha value is -2.63. The zero-order valence-corrected chi connectivity index (χ0v) is 17.2. The van der Waals surface area contributed by atoms with Crippen molar-refractivity contribution in [2.75, 3.05) is 19.8 Å². The summed E-state index contributed by atoms with van der Waals surface area (Å²) in [6.07, 6.45) is 1.84. The molecule has 5 heteroatoms. The lowest BCUT2D eigenvalue weighted by Crippen LogP contribution is -2.48. The average Bonchev–Trinajstić information content (AvgIpc) is 3.34. The molecule has 29 heavy (non-hydrogen) atoms. The molecular weight excluding hydrogens is 380 g/mol. The normalized spacial score (nSPS) is 15.8. The van der Waals surface area contributed by atoms with Crippen molar-refractivity contribution < 1.29 is 9.53 Å². The minimum absolute atomic E-state index is 0.0510. The lowest BCUT2D eigenvalue weighted by Gasteiger charge is -2.37. The fourth-order valence-corrected chi connectivity index (χ4v) is 4.76. The molecule has 1 aliphatic rings. The van der Waals surface area contributed by atoms with Gasteiger partial charge in [-0.05, 0) is 46.4 Å². The molecule has 0 atom stereocenters. The molecule has 0 aliphatic carbocycles. The van der Waals surface area contributed by atoms with Gasteiger partial charge in [-0.1, -0.05) is 60.7 Å². The number of hydrogen-bond donors (Lipinski definition) is 2. The largest absolute Gasteiger partial charge is 0.381 e. The van der Waals surface area contributed by atoms with Gasteiger partial charge in [-0.3, -0.25) is 0 Å². The first-order valence-corrected chi connectivity index (χ1v) is 11.0. The molecule has 2 heterocycles. The number of urea groups is 1. The topological polar surface area (TPSA) is 50.4 Å². The zero-order valence-electron chi connectivity index (χ0n) is 16.3. The number of hydrogen-bond acceptors (Lipinski definition) is 3. The maximum absolute atomic E-state index is 12.9. The van der Waals surface area contributed by atoms with Gasteiger partial charge in [0.25, 0.3) is 0 Å². The smallest absolute Gasteiger partial charge is 0.315 e. The summed E-state index contributed by atoms with van der Waals surface area (Å²) in [4.78, 5) is 12.9. The predicted molar refractivity (Wildman–Crippen MR) is 117 cm³/mol. The molecule has 1 saturated heterocycles. The van der Waals surface area contributed by atoms with Crippen LogP contribution in [-0.2, 0) is 10.2 Å². The molecule has 0 bridgehead atoms. The van der Waals surface area contributed by atoms with E-state index in [2.05, 4.69) is 27.5 Å². The van der Waals surface area contributed by atoms with Gasteiger partial charge in [-0.2, -0.15) is 11.3 Å². The number of nitrogens with one attached hydrogen (secondary N) is 2. The average molecular weight is 407 g/mol. The number of rotatable bonds is 6. The fourth-order valence-electron chi connectivity index (χ4n) is 3.98. The molecule has 2 N–H and O–H groups in total. The lowest BCUT2D eigenvalue weighted by atomic mass is 9.75. The van der Waals surface area contributed by atoms with Crippen LogP contribution in [0.1, 0.15) is 35.6 Å². The van der Waals surface area contributed by atoms with Crippen LogP contribution in [0.3, 0.4) is 0 Å². The first kappa shape index (κ1) is 19.7. The van der Waals surface area contributed by atoms with Crippen molar-refractivity contribution in [2.45, 2.75) is 24.3 Å². The molecule has 1 aromatic heterocycles. The standard InChI is InChI=1S/C24H26N2O2S/c27-23(25-18-24(12-14-28-15-13-24)21-11-16-29-17-21)26-22(19-7-3-1-4-8-19)20-9-5-2-6-10-20/h1-11,16-17,22H,12-15,18H2,(H2,25,26,27). The Balaban J connectivity index is 1.48. The molecule has 2 amide bonds. The summed E-state index contributed by atoms with van der Waals surface area (Å²) in [6, 6.07) is 22.0. The Labute approximate surface area is 175 Å². The van der Waals surface area contributed by atoms with Gasteiger partial charge in [0.2, 0.25) is 0 Å². The second kappa shape index (κ2) is 9.25. The first-order chi connectivity index (χ1) is 14.3. The van der Waals surface area contributed by atoms with Crippen molar-refractivity contribution in [2.24, 2.45) is 0 Å². The van der Waals surface area contributed by atoms with E-state index < -0.39 is 0 Å². The molecule has 0 spiro atoms. The third-order valence-electron chi connectivity index (χ3n) is 5.71. The van der Waals surface area contributed by atoms with Gasteiger partial charge in [0.15, 0.2) is 0 Å². The van der Waals surface area contributed by atoms with Crippen LogP contribution in [0, 0.1) is 0 Å². The summed E-state index contributed by atoms with van der Waals surface area (Å²) in [5.74, 6) is 0. The van der Waals surface area contributed by atoms with Gasteiger partial charge in [0.05, 0.1) is 6.04 Å². The third-order valence-corrected chi connectivity index (χ3v) is 6.40. The summed E-state index contributed by atoms with van der Waals surface area (Å²) in [6.45, 7) is 2.07. The van der Waals surface area contributed by atoms with E-state index in [1.165, 1.54) is 5.56 Å². The molecule has 4 nitrogen and oxygen atoms in total. The molecule has 4 rings (SSSR count). The quantitative estimate of drug-likeness (QED) is 0.613. The van der Waals surface area contributed by atoms with Crippen molar-refractivity contribution >= 4 is 17.4 Å². The minimum atomic E-state index is -0.191. The Kier molecular flexibility index (Phi) is 6.27. The molecule has 2 aromatic carbocycles. The number of carbonyl (C=O) groups is 1. The number of thiophene rings is 1. The van der Waals surface area contributed by atoms with E-state index in [0.29, 0.717) is 6.54 Å². The van der Waals surface area contributed by atoms with Gasteiger partial charge >= 0.3 is 6.03 Å². The molecular formula is C24H26N2O2S. The molecule has 0 radical (unpaired) electrons. The maximum Gasteiger partial charge on any atom is 0.315 e. The van der Waals surface area contributed by atoms with Crippen LogP contribution in [0.5, 0.6) is 0 Å². The molecule has 1 aliphatic heterocycles. The van der Waals surface area contributed by atoms with Crippen LogP contribution >= 0.6 is 11.3 Å². The Morgan fingerprint density at radius 2 is 1.59 bits per heavy atom. The SMILES string of the molecule is O=C(NCC1(c2ccsc2)CCOCC1)NC(c1ccccc1)c1ccccc1. The highest BCUT2D eigenvalue weighted by Gasteiger charge is 2.35. The van der Waals surface area contributed by atoms with E-state index in [9.17, 15) is 4.79 Å². The highest BCUT2D eigenvalue weighted by Crippen LogP contribution is 2.35. The van der Waals surface area contributed by atoms with E-state index in [1.54, 1.807) is 11.3 Å². The van der Waals surface area contributed by atoms with Gasteiger partial charge < -0.3 is 15.4 Å². The number of amides is 2. The summed E-state index contributed by atoms with van der Waals surface area (Å²) in [5.41, 5.74) is 3.37. The molecule has 150 valence electrons. The van der Waals surface area contributed by atoms with Crippen LogP contribution < -0.4 is 10.6 Å². The highest BCUT2D eigenvalue weighted by molar-refractivity contribution is 7.08. The van der Waals surface area contributed by atoms with Crippen molar-refractivity contribution in [3.8, 4) is 0 Å². The van der Waals surface area contributed by atoms with Gasteiger partial charge in [-0.25, -0.2) is 4.79 Å². The summed E-state index contributed by atoms with van der Waals surface area (Å²) >= 11 is 1.70. The minimum Gasteiger partial charge on any atom is -0.381 e. The Morgan fingerprint density at radius 1 is 0.966 bits per heavy atom. The van der Waals surface area contributed by atoms with Crippen molar-refractivity contribution in [3.05, 3.63) is 94.2 Å². The number of carbonyl (C=O) groups excluding carboxylic acids is 1. The van der Waals surface area contributed by atoms with Crippen LogP contribution in [-0.4, -0.2) is 25.8 Å². The van der Waals surface area contributed by atoms with Gasteiger partial charge in [0.1, 0.15) is 0 Å². The van der Waals surface area contributed by atoms with Crippen molar-refractivity contribution in [1.29, 1.82) is 0 Å². The zero-order chi connectivity index (χ0) is 19.9. The second-order valence-electron chi connectivity index (χ2n) is 7.49. The molecule has 3 aromatic rings. The fraction of sp³-hybridized carbons (Fsp3) is 0.292. The third kappa shape index (κ3) is 4.69. The highest BCUT2D eigenvalue weighted by atomic mass is 32.1. The van der Waals surface area contributed by atoms with Crippen LogP contribution in [0.4, 0.5) is 4.79 Å². The number of ether oxygens (including phenoxy) is 1. The first-order valence-electron chi connectivity index (χ1n) is 10.0. The molecule has 1 fully saturated rings. The summed E-state index contributed by atoms with van der Waals surface area (Å²) in [5, 5.41) is 10.6. The van der Waals surface area contributed by atoms with Crippen molar-refractivity contribution in [3.63, 3.8) is 0 Å². The van der Waals surface area contributed by atoms with Crippen LogP contribution in [0.2, 0.25) is 0 Å². The second-order valence-corrected chi connectivity index (χ2v) is 8.27. The summed E-state index contributed by atoms with van der Waals surface area (Å²) in [7, 11) is 0. The van der Waals surface area contributed by atoms with E-state index in [-0.39, 0.29) is 17.5 Å². The lowest BCUT2D eigenvalue weighted by molar-refractivity contribution is 0.0508. The van der Waals surface area contributed by atoms with E-state index in [4.69, 9.17) is 4.74 Å². The van der Waals surface area contributed by atoms with Crippen molar-refractivity contribution in [1.82, 2.24) is 10.6 Å². The Bertz CT molecular complexity index is 852. The summed E-state index contributed by atoms with van der Waals surface area (Å²) < 4.78 is 5.58. The molecule has 0 saturated carbocycles. The van der Waals surface area contributed by atoms with E-state index in [1.807, 2.05) is 60.7 Å². The Morgan fingerprint density at radius 3 is 2.14 bits per heavy atom. The van der Waals surface area contributed by atoms with E-state index in [0.717, 1.165) is 37.2 Å². The maximum atomic E-state index is 12.9. The van der Waals surface area contributed by atoms with Crippen LogP contribution in [0.15, 0.2) is 77.5 Å². The van der Waals surface area contributed by atoms with Crippen LogP contribution in [0.25, 0.3) is 0 Å². The monoisotopic (exact) mass is 406 g/mol. The predicted octanol–water partition coefficient (Wildman–Crippen LogP) is 4.89. The number of benzene rings is 2.